The van der Waals surface area contributed by atoms with Crippen LogP contribution in [0.2, 0.25) is 0 Å². The minimum atomic E-state index is -0.372. The molecule has 1 unspecified atom stereocenters. The van der Waals surface area contributed by atoms with Crippen LogP contribution in [0, 0.1) is 0 Å². The standard InChI is InChI=1S/C9H17NO4.C6H7N/c1-14-8(7-11)5-3-2-4-6-9(12)10-13;7-6-4-2-1-3-5-6/h7-8,13H,2-6H2,1H3,(H,10,12);1-5H,7H2. The Morgan fingerprint density at radius 3 is 2.43 bits per heavy atom. The molecule has 118 valence electrons. The lowest BCUT2D eigenvalue weighted by atomic mass is 10.1. The largest absolute Gasteiger partial charge is 0.399 e. The molecule has 0 saturated carbocycles. The fraction of sp³-hybridized carbons (Fsp3) is 0.467. The van der Waals surface area contributed by atoms with Crippen LogP contribution in [0.15, 0.2) is 30.3 Å². The number of nitrogens with two attached hydrogens (primary N) is 1. The molecule has 0 aliphatic carbocycles. The predicted octanol–water partition coefficient (Wildman–Crippen LogP) is 1.92. The number of amides is 1. The fourth-order valence-corrected chi connectivity index (χ4v) is 1.56. The van der Waals surface area contributed by atoms with Crippen molar-refractivity contribution in [2.45, 2.75) is 38.2 Å². The number of hydrogen-bond donors (Lipinski definition) is 3. The van der Waals surface area contributed by atoms with E-state index in [1.807, 2.05) is 30.3 Å². The third kappa shape index (κ3) is 11.6. The Bertz CT molecular complexity index is 385. The molecule has 1 atom stereocenters. The van der Waals surface area contributed by atoms with Gasteiger partial charge in [-0.3, -0.25) is 10.0 Å². The van der Waals surface area contributed by atoms with E-state index in [4.69, 9.17) is 15.7 Å². The number of carbonyl (C=O) groups is 2. The molecule has 0 radical (unpaired) electrons. The number of nitrogens with one attached hydrogen (secondary N) is 1. The quantitative estimate of drug-likeness (QED) is 0.224. The minimum Gasteiger partial charge on any atom is -0.399 e. The normalized spacial score (nSPS) is 11.0. The zero-order valence-corrected chi connectivity index (χ0v) is 12.3. The Balaban J connectivity index is 0.000000471. The molecule has 0 fully saturated rings. The molecule has 6 heteroatoms. The number of methoxy groups -OCH3 is 1. The van der Waals surface area contributed by atoms with Crippen molar-refractivity contribution in [2.75, 3.05) is 12.8 Å². The van der Waals surface area contributed by atoms with Gasteiger partial charge in [-0.15, -0.1) is 0 Å². The zero-order valence-electron chi connectivity index (χ0n) is 12.3. The predicted molar refractivity (Wildman–Crippen MR) is 80.7 cm³/mol. The molecule has 0 aliphatic rings. The third-order valence-corrected chi connectivity index (χ3v) is 2.77. The molecule has 4 N–H and O–H groups in total. The van der Waals surface area contributed by atoms with E-state index in [1.165, 1.54) is 7.11 Å². The second-order valence-corrected chi connectivity index (χ2v) is 4.46. The average molecular weight is 296 g/mol. The highest BCUT2D eigenvalue weighted by Gasteiger charge is 2.04. The topological polar surface area (TPSA) is 102 Å². The van der Waals surface area contributed by atoms with Crippen LogP contribution in [0.1, 0.15) is 32.1 Å². The minimum absolute atomic E-state index is 0.315. The summed E-state index contributed by atoms with van der Waals surface area (Å²) in [6, 6.07) is 9.49. The van der Waals surface area contributed by atoms with Crippen molar-refractivity contribution in [1.82, 2.24) is 5.48 Å². The Hall–Kier alpha value is -1.92. The number of unbranched alkanes of at least 4 members (excludes halogenated alkanes) is 2. The molecular weight excluding hydrogens is 272 g/mol. The van der Waals surface area contributed by atoms with Crippen molar-refractivity contribution < 1.29 is 19.5 Å². The third-order valence-electron chi connectivity index (χ3n) is 2.77. The number of benzene rings is 1. The zero-order chi connectivity index (χ0) is 15.9. The van der Waals surface area contributed by atoms with Gasteiger partial charge in [0, 0.05) is 19.2 Å². The van der Waals surface area contributed by atoms with Crippen LogP contribution in [-0.2, 0) is 14.3 Å². The maximum atomic E-state index is 10.6. The smallest absolute Gasteiger partial charge is 0.243 e. The molecule has 1 aromatic rings. The lowest BCUT2D eigenvalue weighted by Gasteiger charge is -2.06. The summed E-state index contributed by atoms with van der Waals surface area (Å²) in [4.78, 5) is 20.9. The first-order valence-electron chi connectivity index (χ1n) is 6.85. The number of para-hydroxylation sites is 1. The molecule has 1 rings (SSSR count). The number of hydrogen-bond acceptors (Lipinski definition) is 5. The first-order valence-corrected chi connectivity index (χ1v) is 6.85. The Kier molecular flexibility index (Phi) is 11.9. The summed E-state index contributed by atoms with van der Waals surface area (Å²) in [6.45, 7) is 0. The van der Waals surface area contributed by atoms with E-state index >= 15 is 0 Å². The van der Waals surface area contributed by atoms with Gasteiger partial charge in [0.1, 0.15) is 12.4 Å². The second-order valence-electron chi connectivity index (χ2n) is 4.46. The van der Waals surface area contributed by atoms with Crippen LogP contribution in [-0.4, -0.2) is 30.6 Å². The van der Waals surface area contributed by atoms with Gasteiger partial charge in [0.15, 0.2) is 0 Å². The molecule has 6 nitrogen and oxygen atoms in total. The Morgan fingerprint density at radius 1 is 1.33 bits per heavy atom. The van der Waals surface area contributed by atoms with Gasteiger partial charge in [0.2, 0.25) is 5.91 Å². The van der Waals surface area contributed by atoms with E-state index in [-0.39, 0.29) is 12.0 Å². The summed E-state index contributed by atoms with van der Waals surface area (Å²) in [5, 5.41) is 8.19. The lowest BCUT2D eigenvalue weighted by Crippen LogP contribution is -2.17. The number of rotatable bonds is 8. The molecule has 1 amide bonds. The van der Waals surface area contributed by atoms with Crippen LogP contribution in [0.5, 0.6) is 0 Å². The number of hydroxylamine groups is 1. The summed E-state index contributed by atoms with van der Waals surface area (Å²) in [5.41, 5.74) is 7.75. The molecule has 21 heavy (non-hydrogen) atoms. The summed E-state index contributed by atoms with van der Waals surface area (Å²) < 4.78 is 4.86. The fourth-order valence-electron chi connectivity index (χ4n) is 1.56. The molecule has 1 aromatic carbocycles. The number of anilines is 1. The molecule has 0 aromatic heterocycles. The van der Waals surface area contributed by atoms with Gasteiger partial charge >= 0.3 is 0 Å². The van der Waals surface area contributed by atoms with Crippen molar-refractivity contribution >= 4 is 17.9 Å². The maximum Gasteiger partial charge on any atom is 0.243 e. The van der Waals surface area contributed by atoms with E-state index in [9.17, 15) is 9.59 Å². The van der Waals surface area contributed by atoms with Crippen LogP contribution in [0.25, 0.3) is 0 Å². The van der Waals surface area contributed by atoms with Gasteiger partial charge in [-0.05, 0) is 25.0 Å². The highest BCUT2D eigenvalue weighted by molar-refractivity contribution is 5.74. The number of ether oxygens (including phenoxy) is 1. The molecule has 0 spiro atoms. The Morgan fingerprint density at radius 2 is 2.00 bits per heavy atom. The van der Waals surface area contributed by atoms with Crippen molar-refractivity contribution in [1.29, 1.82) is 0 Å². The van der Waals surface area contributed by atoms with Crippen LogP contribution in [0.4, 0.5) is 5.69 Å². The summed E-state index contributed by atoms with van der Waals surface area (Å²) in [7, 11) is 1.50. The number of nitrogen functional groups attached to an aromatic ring is 1. The van der Waals surface area contributed by atoms with Crippen LogP contribution in [0.3, 0.4) is 0 Å². The Labute approximate surface area is 125 Å². The number of aldehydes is 1. The molecular formula is C15H24N2O4. The molecule has 0 heterocycles. The van der Waals surface area contributed by atoms with Crippen molar-refractivity contribution in [3.05, 3.63) is 30.3 Å². The number of carbonyl (C=O) groups excluding carboxylic acids is 2. The van der Waals surface area contributed by atoms with Gasteiger partial charge in [0.05, 0.1) is 0 Å². The summed E-state index contributed by atoms with van der Waals surface area (Å²) in [6.07, 6.45) is 3.84. The molecule has 0 bridgehead atoms. The van der Waals surface area contributed by atoms with E-state index in [0.717, 1.165) is 24.8 Å². The monoisotopic (exact) mass is 296 g/mol. The molecule has 0 saturated heterocycles. The van der Waals surface area contributed by atoms with Crippen molar-refractivity contribution in [3.8, 4) is 0 Å². The van der Waals surface area contributed by atoms with E-state index in [0.29, 0.717) is 19.3 Å². The van der Waals surface area contributed by atoms with E-state index in [2.05, 4.69) is 0 Å². The highest BCUT2D eigenvalue weighted by Crippen LogP contribution is 2.06. The van der Waals surface area contributed by atoms with Crippen molar-refractivity contribution in [2.24, 2.45) is 0 Å². The van der Waals surface area contributed by atoms with Crippen molar-refractivity contribution in [3.63, 3.8) is 0 Å². The summed E-state index contributed by atoms with van der Waals surface area (Å²) in [5.74, 6) is -0.372. The average Bonchev–Trinajstić information content (AvgIpc) is 2.52. The highest BCUT2D eigenvalue weighted by atomic mass is 16.5. The maximum absolute atomic E-state index is 10.6. The van der Waals surface area contributed by atoms with Crippen LogP contribution < -0.4 is 11.2 Å². The van der Waals surface area contributed by atoms with Gasteiger partial charge in [-0.2, -0.15) is 0 Å². The van der Waals surface area contributed by atoms with Gasteiger partial charge in [-0.25, -0.2) is 5.48 Å². The van der Waals surface area contributed by atoms with Gasteiger partial charge in [0.25, 0.3) is 0 Å². The van der Waals surface area contributed by atoms with Gasteiger partial charge < -0.3 is 15.3 Å². The SMILES string of the molecule is COC(C=O)CCCCCC(=O)NO.Nc1ccccc1. The van der Waals surface area contributed by atoms with E-state index in [1.54, 1.807) is 5.48 Å². The molecule has 0 aliphatic heterocycles. The van der Waals surface area contributed by atoms with Gasteiger partial charge in [-0.1, -0.05) is 31.0 Å². The van der Waals surface area contributed by atoms with Crippen LogP contribution >= 0.6 is 0 Å². The second kappa shape index (κ2) is 13.1. The van der Waals surface area contributed by atoms with E-state index < -0.39 is 0 Å². The first-order chi connectivity index (χ1) is 10.1. The lowest BCUT2D eigenvalue weighted by molar-refractivity contribution is -0.129. The summed E-state index contributed by atoms with van der Waals surface area (Å²) >= 11 is 0. The first kappa shape index (κ1) is 19.1.